The Labute approximate surface area is 99.6 Å². The van der Waals surface area contributed by atoms with E-state index >= 15 is 0 Å². The third kappa shape index (κ3) is 2.49. The lowest BCUT2D eigenvalue weighted by Crippen LogP contribution is -1.99. The number of benzene rings is 1. The predicted molar refractivity (Wildman–Crippen MR) is 66.6 cm³/mol. The van der Waals surface area contributed by atoms with E-state index in [2.05, 4.69) is 24.0 Å². The monoisotopic (exact) mass is 233 g/mol. The fraction of sp³-hybridized carbons (Fsp3) is 0.308. The summed E-state index contributed by atoms with van der Waals surface area (Å²) in [6, 6.07) is 8.11. The summed E-state index contributed by atoms with van der Waals surface area (Å²) in [6.45, 7) is 2.16. The minimum absolute atomic E-state index is 0.586. The summed E-state index contributed by atoms with van der Waals surface area (Å²) < 4.78 is 0. The third-order valence-electron chi connectivity index (χ3n) is 2.49. The van der Waals surface area contributed by atoms with Crippen LogP contribution in [0.4, 0.5) is 0 Å². The lowest BCUT2D eigenvalue weighted by Gasteiger charge is -2.09. The Morgan fingerprint density at radius 3 is 3.00 bits per heavy atom. The van der Waals surface area contributed by atoms with Crippen LogP contribution in [0.1, 0.15) is 35.6 Å². The second-order valence-corrected chi connectivity index (χ2v) is 4.69. The largest absolute Gasteiger partial charge is 0.381 e. The normalized spacial score (nSPS) is 12.6. The van der Waals surface area contributed by atoms with Gasteiger partial charge in [-0.25, -0.2) is 4.98 Å². The van der Waals surface area contributed by atoms with Crippen LogP contribution >= 0.6 is 11.3 Å². The van der Waals surface area contributed by atoms with Crippen molar-refractivity contribution in [3.05, 3.63) is 52.0 Å². The van der Waals surface area contributed by atoms with Crippen molar-refractivity contribution in [1.82, 2.24) is 4.98 Å². The number of hydrogen-bond donors (Lipinski definition) is 1. The van der Waals surface area contributed by atoms with Gasteiger partial charge in [-0.3, -0.25) is 0 Å². The zero-order chi connectivity index (χ0) is 11.4. The van der Waals surface area contributed by atoms with Crippen LogP contribution in [0.25, 0.3) is 0 Å². The summed E-state index contributed by atoms with van der Waals surface area (Å²) in [7, 11) is 0. The van der Waals surface area contributed by atoms with Crippen LogP contribution in [0.2, 0.25) is 0 Å². The van der Waals surface area contributed by atoms with Crippen LogP contribution in [0.15, 0.2) is 35.8 Å². The van der Waals surface area contributed by atoms with Gasteiger partial charge in [0.15, 0.2) is 0 Å². The van der Waals surface area contributed by atoms with E-state index in [1.807, 2.05) is 17.5 Å². The highest BCUT2D eigenvalue weighted by molar-refractivity contribution is 7.09. The van der Waals surface area contributed by atoms with E-state index in [4.69, 9.17) is 0 Å². The van der Waals surface area contributed by atoms with Crippen molar-refractivity contribution in [1.29, 1.82) is 0 Å². The Morgan fingerprint density at radius 2 is 2.31 bits per heavy atom. The first-order chi connectivity index (χ1) is 7.81. The highest BCUT2D eigenvalue weighted by Gasteiger charge is 2.12. The Morgan fingerprint density at radius 1 is 1.44 bits per heavy atom. The van der Waals surface area contributed by atoms with Gasteiger partial charge < -0.3 is 5.11 Å². The summed E-state index contributed by atoms with van der Waals surface area (Å²) in [4.78, 5) is 4.14. The Bertz CT molecular complexity index is 439. The lowest BCUT2D eigenvalue weighted by molar-refractivity contribution is 0.219. The molecular formula is C13H15NOS. The molecule has 84 valence electrons. The van der Waals surface area contributed by atoms with Crippen LogP contribution in [-0.4, -0.2) is 10.1 Å². The fourth-order valence-electron chi connectivity index (χ4n) is 1.72. The first-order valence-corrected chi connectivity index (χ1v) is 6.35. The average Bonchev–Trinajstić information content (AvgIpc) is 2.82. The number of thiazole rings is 1. The van der Waals surface area contributed by atoms with Crippen LogP contribution in [-0.2, 0) is 6.42 Å². The number of hydrogen-bond acceptors (Lipinski definition) is 3. The SMILES string of the molecule is CCCc1cccc(C(O)c2nccs2)c1. The van der Waals surface area contributed by atoms with Gasteiger partial charge in [0, 0.05) is 11.6 Å². The summed E-state index contributed by atoms with van der Waals surface area (Å²) in [5.74, 6) is 0. The molecule has 0 aliphatic heterocycles. The van der Waals surface area contributed by atoms with Crippen LogP contribution in [0.5, 0.6) is 0 Å². The van der Waals surface area contributed by atoms with E-state index in [1.165, 1.54) is 16.9 Å². The molecule has 1 N–H and O–H groups in total. The van der Waals surface area contributed by atoms with Gasteiger partial charge in [-0.15, -0.1) is 11.3 Å². The average molecular weight is 233 g/mol. The molecule has 2 rings (SSSR count). The molecule has 0 aliphatic carbocycles. The van der Waals surface area contributed by atoms with E-state index < -0.39 is 6.10 Å². The number of aryl methyl sites for hydroxylation is 1. The molecule has 0 aliphatic rings. The van der Waals surface area contributed by atoms with E-state index in [9.17, 15) is 5.11 Å². The van der Waals surface area contributed by atoms with E-state index in [-0.39, 0.29) is 0 Å². The molecule has 1 unspecified atom stereocenters. The second kappa shape index (κ2) is 5.23. The minimum Gasteiger partial charge on any atom is -0.381 e. The molecule has 1 aromatic carbocycles. The maximum atomic E-state index is 10.1. The highest BCUT2D eigenvalue weighted by atomic mass is 32.1. The fourth-order valence-corrected chi connectivity index (χ4v) is 2.37. The van der Waals surface area contributed by atoms with Crippen molar-refractivity contribution in [3.63, 3.8) is 0 Å². The molecule has 2 nitrogen and oxygen atoms in total. The van der Waals surface area contributed by atoms with E-state index in [0.29, 0.717) is 0 Å². The molecule has 0 radical (unpaired) electrons. The summed E-state index contributed by atoms with van der Waals surface area (Å²) in [6.07, 6.45) is 3.31. The lowest BCUT2D eigenvalue weighted by atomic mass is 10.0. The van der Waals surface area contributed by atoms with Crippen LogP contribution in [0, 0.1) is 0 Å². The zero-order valence-electron chi connectivity index (χ0n) is 9.26. The summed E-state index contributed by atoms with van der Waals surface area (Å²) >= 11 is 1.48. The molecule has 2 aromatic rings. The van der Waals surface area contributed by atoms with Gasteiger partial charge in [0.1, 0.15) is 11.1 Å². The molecule has 1 atom stereocenters. The smallest absolute Gasteiger partial charge is 0.131 e. The highest BCUT2D eigenvalue weighted by Crippen LogP contribution is 2.24. The Kier molecular flexibility index (Phi) is 3.70. The molecule has 0 bridgehead atoms. The van der Waals surface area contributed by atoms with E-state index in [0.717, 1.165) is 23.4 Å². The van der Waals surface area contributed by atoms with Crippen molar-refractivity contribution in [2.45, 2.75) is 25.9 Å². The van der Waals surface area contributed by atoms with Gasteiger partial charge >= 0.3 is 0 Å². The first kappa shape index (κ1) is 11.3. The third-order valence-corrected chi connectivity index (χ3v) is 3.32. The van der Waals surface area contributed by atoms with E-state index in [1.54, 1.807) is 6.20 Å². The molecule has 16 heavy (non-hydrogen) atoms. The number of aliphatic hydroxyl groups excluding tert-OH is 1. The van der Waals surface area contributed by atoms with Gasteiger partial charge in [-0.05, 0) is 17.5 Å². The molecule has 3 heteroatoms. The number of rotatable bonds is 4. The Balaban J connectivity index is 2.23. The van der Waals surface area contributed by atoms with Crippen molar-refractivity contribution >= 4 is 11.3 Å². The molecule has 0 amide bonds. The van der Waals surface area contributed by atoms with Crippen LogP contribution in [0.3, 0.4) is 0 Å². The van der Waals surface area contributed by atoms with Crippen molar-refractivity contribution in [3.8, 4) is 0 Å². The van der Waals surface area contributed by atoms with Gasteiger partial charge in [0.2, 0.25) is 0 Å². The minimum atomic E-state index is -0.586. The number of aliphatic hydroxyl groups is 1. The quantitative estimate of drug-likeness (QED) is 0.879. The first-order valence-electron chi connectivity index (χ1n) is 5.47. The van der Waals surface area contributed by atoms with Crippen molar-refractivity contribution in [2.75, 3.05) is 0 Å². The molecule has 0 saturated carbocycles. The molecule has 1 aromatic heterocycles. The molecule has 0 fully saturated rings. The second-order valence-electron chi connectivity index (χ2n) is 3.77. The van der Waals surface area contributed by atoms with Crippen molar-refractivity contribution in [2.24, 2.45) is 0 Å². The molecule has 1 heterocycles. The number of aromatic nitrogens is 1. The van der Waals surface area contributed by atoms with Gasteiger partial charge in [-0.2, -0.15) is 0 Å². The molecular weight excluding hydrogens is 218 g/mol. The van der Waals surface area contributed by atoms with Gasteiger partial charge in [0.25, 0.3) is 0 Å². The maximum Gasteiger partial charge on any atom is 0.131 e. The Hall–Kier alpha value is -1.19. The van der Waals surface area contributed by atoms with Crippen molar-refractivity contribution < 1.29 is 5.11 Å². The molecule has 0 saturated heterocycles. The van der Waals surface area contributed by atoms with Gasteiger partial charge in [-0.1, -0.05) is 37.6 Å². The topological polar surface area (TPSA) is 33.1 Å². The predicted octanol–water partition coefficient (Wildman–Crippen LogP) is 3.18. The van der Waals surface area contributed by atoms with Gasteiger partial charge in [0.05, 0.1) is 0 Å². The molecule has 0 spiro atoms. The summed E-state index contributed by atoms with van der Waals surface area (Å²) in [5.41, 5.74) is 2.21. The number of nitrogens with zero attached hydrogens (tertiary/aromatic N) is 1. The summed E-state index contributed by atoms with van der Waals surface area (Å²) in [5, 5.41) is 12.8. The maximum absolute atomic E-state index is 10.1. The standard InChI is InChI=1S/C13H15NOS/c1-2-4-10-5-3-6-11(9-10)12(15)13-14-7-8-16-13/h3,5-9,12,15H,2,4H2,1H3. The van der Waals surface area contributed by atoms with Crippen LogP contribution < -0.4 is 0 Å². The zero-order valence-corrected chi connectivity index (χ0v) is 10.1.